The number of rotatable bonds is 6. The maximum atomic E-state index is 12.3. The van der Waals surface area contributed by atoms with E-state index in [0.717, 1.165) is 0 Å². The predicted molar refractivity (Wildman–Crippen MR) is 86.6 cm³/mol. The summed E-state index contributed by atoms with van der Waals surface area (Å²) in [5.41, 5.74) is -0.593. The van der Waals surface area contributed by atoms with Crippen molar-refractivity contribution in [2.75, 3.05) is 5.32 Å². The second-order valence-corrected chi connectivity index (χ2v) is 6.59. The second-order valence-electron chi connectivity index (χ2n) is 6.18. The van der Waals surface area contributed by atoms with Crippen molar-refractivity contribution in [1.29, 1.82) is 0 Å². The van der Waals surface area contributed by atoms with E-state index in [1.807, 2.05) is 13.8 Å². The summed E-state index contributed by atoms with van der Waals surface area (Å²) in [6, 6.07) is 4.55. The minimum absolute atomic E-state index is 0.140. The Morgan fingerprint density at radius 2 is 1.96 bits per heavy atom. The molecule has 1 aromatic carbocycles. The van der Waals surface area contributed by atoms with Crippen molar-refractivity contribution in [2.24, 2.45) is 5.92 Å². The maximum absolute atomic E-state index is 12.3. The normalized spacial score (nSPS) is 15.1. The molecule has 0 aliphatic heterocycles. The number of aliphatic carboxylic acids is 1. The minimum atomic E-state index is -1.18. The Bertz CT molecular complexity index is 653. The van der Waals surface area contributed by atoms with Crippen LogP contribution >= 0.6 is 11.6 Å². The Hall–Kier alpha value is -2.08. The molecule has 0 heterocycles. The number of hydrogen-bond acceptors (Lipinski definition) is 3. The summed E-state index contributed by atoms with van der Waals surface area (Å²) in [6.07, 6.45) is 1.17. The Balaban J connectivity index is 2.12. The summed E-state index contributed by atoms with van der Waals surface area (Å²) in [6.45, 7) is 3.86. The van der Waals surface area contributed by atoms with Gasteiger partial charge in [-0.05, 0) is 37.0 Å². The van der Waals surface area contributed by atoms with Gasteiger partial charge in [0.1, 0.15) is 5.54 Å². The molecule has 1 saturated carbocycles. The van der Waals surface area contributed by atoms with Gasteiger partial charge in [0, 0.05) is 12.1 Å². The van der Waals surface area contributed by atoms with Crippen LogP contribution in [0, 0.1) is 5.92 Å². The van der Waals surface area contributed by atoms with Crippen LogP contribution in [0.4, 0.5) is 5.69 Å². The third kappa shape index (κ3) is 4.22. The van der Waals surface area contributed by atoms with Gasteiger partial charge in [0.15, 0.2) is 0 Å². The number of carbonyl (C=O) groups excluding carboxylic acids is 2. The largest absolute Gasteiger partial charge is 0.480 e. The molecule has 1 fully saturated rings. The number of benzene rings is 1. The fraction of sp³-hybridized carbons (Fsp3) is 0.438. The van der Waals surface area contributed by atoms with Crippen molar-refractivity contribution in [2.45, 2.75) is 38.6 Å². The first kappa shape index (κ1) is 17.3. The van der Waals surface area contributed by atoms with Gasteiger partial charge in [-0.25, -0.2) is 4.79 Å². The van der Waals surface area contributed by atoms with Crippen LogP contribution < -0.4 is 10.6 Å². The van der Waals surface area contributed by atoms with Gasteiger partial charge >= 0.3 is 5.97 Å². The molecule has 0 saturated heterocycles. The zero-order valence-electron chi connectivity index (χ0n) is 13.0. The number of carboxylic acids is 1. The number of halogens is 1. The van der Waals surface area contributed by atoms with E-state index >= 15 is 0 Å². The highest BCUT2D eigenvalue weighted by Gasteiger charge is 2.51. The zero-order chi connectivity index (χ0) is 17.2. The summed E-state index contributed by atoms with van der Waals surface area (Å²) in [7, 11) is 0. The SMILES string of the molecule is CC(C)CC(=O)Nc1ccc(Cl)c(C(=O)NC2(C(=O)O)CC2)c1. The van der Waals surface area contributed by atoms with Crippen LogP contribution in [0.2, 0.25) is 5.02 Å². The Kier molecular flexibility index (Phi) is 4.94. The van der Waals surface area contributed by atoms with Crippen molar-refractivity contribution in [3.8, 4) is 0 Å². The van der Waals surface area contributed by atoms with Crippen LogP contribution in [-0.2, 0) is 9.59 Å². The molecule has 1 aromatic rings. The van der Waals surface area contributed by atoms with Gasteiger partial charge in [0.25, 0.3) is 5.91 Å². The molecule has 23 heavy (non-hydrogen) atoms. The minimum Gasteiger partial charge on any atom is -0.480 e. The summed E-state index contributed by atoms with van der Waals surface area (Å²) >= 11 is 6.02. The third-order valence-electron chi connectivity index (χ3n) is 3.60. The van der Waals surface area contributed by atoms with E-state index in [4.69, 9.17) is 16.7 Å². The molecule has 7 heteroatoms. The van der Waals surface area contributed by atoms with Crippen LogP contribution in [0.5, 0.6) is 0 Å². The molecule has 3 N–H and O–H groups in total. The lowest BCUT2D eigenvalue weighted by Crippen LogP contribution is -2.43. The predicted octanol–water partition coefficient (Wildman–Crippen LogP) is 2.67. The molecule has 0 bridgehead atoms. The molecular formula is C16H19ClN2O4. The average molecular weight is 339 g/mol. The number of amides is 2. The lowest BCUT2D eigenvalue weighted by Gasteiger charge is -2.14. The molecule has 0 radical (unpaired) electrons. The Morgan fingerprint density at radius 1 is 1.30 bits per heavy atom. The van der Waals surface area contributed by atoms with E-state index in [2.05, 4.69) is 10.6 Å². The van der Waals surface area contributed by atoms with Gasteiger partial charge in [-0.15, -0.1) is 0 Å². The van der Waals surface area contributed by atoms with E-state index in [9.17, 15) is 14.4 Å². The fourth-order valence-electron chi connectivity index (χ4n) is 2.16. The highest BCUT2D eigenvalue weighted by molar-refractivity contribution is 6.34. The molecule has 2 amide bonds. The van der Waals surface area contributed by atoms with E-state index < -0.39 is 17.4 Å². The number of nitrogens with one attached hydrogen (secondary N) is 2. The van der Waals surface area contributed by atoms with Crippen LogP contribution in [0.25, 0.3) is 0 Å². The van der Waals surface area contributed by atoms with E-state index in [-0.39, 0.29) is 22.4 Å². The van der Waals surface area contributed by atoms with Gasteiger partial charge in [-0.2, -0.15) is 0 Å². The highest BCUT2D eigenvalue weighted by atomic mass is 35.5. The first-order valence-electron chi connectivity index (χ1n) is 7.39. The standard InChI is InChI=1S/C16H19ClN2O4/c1-9(2)7-13(20)18-10-3-4-12(17)11(8-10)14(21)19-16(5-6-16)15(22)23/h3-4,8-9H,5-7H2,1-2H3,(H,18,20)(H,19,21)(H,22,23). The molecule has 0 aromatic heterocycles. The number of carbonyl (C=O) groups is 3. The van der Waals surface area contributed by atoms with Gasteiger partial charge in [-0.1, -0.05) is 25.4 Å². The fourth-order valence-corrected chi connectivity index (χ4v) is 2.37. The lowest BCUT2D eigenvalue weighted by molar-refractivity contribution is -0.140. The quantitative estimate of drug-likeness (QED) is 0.743. The third-order valence-corrected chi connectivity index (χ3v) is 3.93. The highest BCUT2D eigenvalue weighted by Crippen LogP contribution is 2.36. The van der Waals surface area contributed by atoms with Gasteiger partial charge < -0.3 is 15.7 Å². The monoisotopic (exact) mass is 338 g/mol. The summed E-state index contributed by atoms with van der Waals surface area (Å²) in [5.74, 6) is -1.55. The van der Waals surface area contributed by atoms with Gasteiger partial charge in [-0.3, -0.25) is 9.59 Å². The first-order chi connectivity index (χ1) is 10.7. The summed E-state index contributed by atoms with van der Waals surface area (Å²) in [5, 5.41) is 14.5. The van der Waals surface area contributed by atoms with Crippen LogP contribution in [0.3, 0.4) is 0 Å². The van der Waals surface area contributed by atoms with E-state index in [1.165, 1.54) is 12.1 Å². The van der Waals surface area contributed by atoms with Crippen LogP contribution in [0.15, 0.2) is 18.2 Å². The molecule has 124 valence electrons. The molecular weight excluding hydrogens is 320 g/mol. The van der Waals surface area contributed by atoms with Crippen molar-refractivity contribution in [3.63, 3.8) is 0 Å². The summed E-state index contributed by atoms with van der Waals surface area (Å²) in [4.78, 5) is 35.2. The molecule has 6 nitrogen and oxygen atoms in total. The van der Waals surface area contributed by atoms with Gasteiger partial charge in [0.05, 0.1) is 10.6 Å². The van der Waals surface area contributed by atoms with Crippen molar-refractivity contribution < 1.29 is 19.5 Å². The van der Waals surface area contributed by atoms with Crippen LogP contribution in [-0.4, -0.2) is 28.4 Å². The van der Waals surface area contributed by atoms with E-state index in [0.29, 0.717) is 24.9 Å². The number of carboxylic acid groups (broad SMARTS) is 1. The maximum Gasteiger partial charge on any atom is 0.329 e. The second kappa shape index (κ2) is 6.58. The smallest absolute Gasteiger partial charge is 0.329 e. The van der Waals surface area contributed by atoms with Crippen LogP contribution in [0.1, 0.15) is 43.5 Å². The van der Waals surface area contributed by atoms with Gasteiger partial charge in [0.2, 0.25) is 5.91 Å². The number of anilines is 1. The molecule has 1 aliphatic carbocycles. The average Bonchev–Trinajstić information content (AvgIpc) is 3.20. The Labute approximate surface area is 139 Å². The van der Waals surface area contributed by atoms with Crippen molar-refractivity contribution in [3.05, 3.63) is 28.8 Å². The number of hydrogen-bond donors (Lipinski definition) is 3. The Morgan fingerprint density at radius 3 is 2.48 bits per heavy atom. The molecule has 0 spiro atoms. The van der Waals surface area contributed by atoms with Crippen molar-refractivity contribution in [1.82, 2.24) is 5.32 Å². The lowest BCUT2D eigenvalue weighted by atomic mass is 10.1. The molecule has 2 rings (SSSR count). The molecule has 0 unspecified atom stereocenters. The molecule has 1 aliphatic rings. The zero-order valence-corrected chi connectivity index (χ0v) is 13.7. The van der Waals surface area contributed by atoms with E-state index in [1.54, 1.807) is 6.07 Å². The summed E-state index contributed by atoms with van der Waals surface area (Å²) < 4.78 is 0. The van der Waals surface area contributed by atoms with Crippen molar-refractivity contribution >= 4 is 35.1 Å². The molecule has 0 atom stereocenters. The topological polar surface area (TPSA) is 95.5 Å². The first-order valence-corrected chi connectivity index (χ1v) is 7.76.